The van der Waals surface area contributed by atoms with E-state index in [0.717, 1.165) is 10.6 Å². The number of amides is 1. The zero-order chi connectivity index (χ0) is 27.6. The molecule has 0 radical (unpaired) electrons. The number of rotatable bonds is 9. The Bertz CT molecular complexity index is 1350. The third kappa shape index (κ3) is 4.70. The van der Waals surface area contributed by atoms with Crippen LogP contribution in [0, 0.1) is 6.92 Å². The average molecular weight is 521 g/mol. The second-order valence-corrected chi connectivity index (χ2v) is 9.28. The Balaban J connectivity index is 1.92. The zero-order valence-electron chi connectivity index (χ0n) is 22.4. The van der Waals surface area contributed by atoms with E-state index in [1.54, 1.807) is 23.7 Å². The van der Waals surface area contributed by atoms with Gasteiger partial charge in [0, 0.05) is 16.8 Å². The van der Waals surface area contributed by atoms with Crippen LogP contribution >= 0.6 is 0 Å². The van der Waals surface area contributed by atoms with Crippen LogP contribution in [0.4, 0.5) is 0 Å². The summed E-state index contributed by atoms with van der Waals surface area (Å²) in [7, 11) is 8.36. The largest absolute Gasteiger partial charge is 0.872 e. The molecular formula is C28H32N4O6. The summed E-state index contributed by atoms with van der Waals surface area (Å²) in [6, 6.07) is 11.8. The number of hydrogen-bond donors (Lipinski definition) is 1. The predicted molar refractivity (Wildman–Crippen MR) is 138 cm³/mol. The number of hydrogen-bond acceptors (Lipinski definition) is 7. The highest BCUT2D eigenvalue weighted by Crippen LogP contribution is 2.45. The van der Waals surface area contributed by atoms with Gasteiger partial charge in [-0.25, -0.2) is 4.68 Å². The van der Waals surface area contributed by atoms with Crippen molar-refractivity contribution in [3.05, 3.63) is 71.1 Å². The topological polar surface area (TPSA) is 110 Å². The van der Waals surface area contributed by atoms with Gasteiger partial charge in [0.15, 0.2) is 11.5 Å². The number of ketones is 1. The number of nitrogens with one attached hydrogen (secondary N) is 1. The van der Waals surface area contributed by atoms with E-state index in [2.05, 4.69) is 5.10 Å². The molecule has 200 valence electrons. The Morgan fingerprint density at radius 1 is 1.03 bits per heavy atom. The summed E-state index contributed by atoms with van der Waals surface area (Å²) in [5.41, 5.74) is 1.97. The maximum Gasteiger partial charge on any atom is 0.295 e. The number of para-hydroxylation sites is 1. The molecule has 1 unspecified atom stereocenters. The van der Waals surface area contributed by atoms with Crippen molar-refractivity contribution in [2.24, 2.45) is 0 Å². The summed E-state index contributed by atoms with van der Waals surface area (Å²) in [6.07, 6.45) is 1.44. The lowest BCUT2D eigenvalue weighted by atomic mass is 9.94. The van der Waals surface area contributed by atoms with Gasteiger partial charge in [0.2, 0.25) is 11.5 Å². The Morgan fingerprint density at radius 3 is 2.21 bits per heavy atom. The molecule has 1 N–H and O–H groups in total. The van der Waals surface area contributed by atoms with Crippen molar-refractivity contribution >= 4 is 17.4 Å². The molecule has 1 atom stereocenters. The van der Waals surface area contributed by atoms with Crippen LogP contribution in [0.3, 0.4) is 0 Å². The van der Waals surface area contributed by atoms with Crippen molar-refractivity contribution in [3.63, 3.8) is 0 Å². The lowest BCUT2D eigenvalue weighted by Crippen LogP contribution is -3.06. The van der Waals surface area contributed by atoms with E-state index in [4.69, 9.17) is 14.2 Å². The molecule has 1 saturated heterocycles. The Hall–Kier alpha value is -4.31. The predicted octanol–water partition coefficient (Wildman–Crippen LogP) is 0.575. The SMILES string of the molecule is COc1cc(C2C(=C([O-])c3cnn(-c4ccccc4)c3C)C(=O)C(=O)N2CC[NH+](C)C)cc(OC)c1OC. The number of quaternary nitrogens is 1. The van der Waals surface area contributed by atoms with Crippen molar-refractivity contribution < 1.29 is 33.8 Å². The Kier molecular flexibility index (Phi) is 7.72. The van der Waals surface area contributed by atoms with Crippen LogP contribution < -0.4 is 24.2 Å². The van der Waals surface area contributed by atoms with Gasteiger partial charge in [0.1, 0.15) is 0 Å². The van der Waals surface area contributed by atoms with Gasteiger partial charge in [-0.2, -0.15) is 5.10 Å². The molecule has 1 amide bonds. The molecule has 1 fully saturated rings. The second kappa shape index (κ2) is 11.0. The minimum Gasteiger partial charge on any atom is -0.872 e. The van der Waals surface area contributed by atoms with Gasteiger partial charge in [0.05, 0.1) is 66.4 Å². The molecule has 10 nitrogen and oxygen atoms in total. The number of aromatic nitrogens is 2. The number of ether oxygens (including phenoxy) is 3. The first-order chi connectivity index (χ1) is 18.2. The lowest BCUT2D eigenvalue weighted by molar-refractivity contribution is -0.857. The van der Waals surface area contributed by atoms with Crippen LogP contribution in [0.25, 0.3) is 11.4 Å². The van der Waals surface area contributed by atoms with E-state index in [1.807, 2.05) is 44.4 Å². The van der Waals surface area contributed by atoms with Gasteiger partial charge in [-0.1, -0.05) is 24.0 Å². The van der Waals surface area contributed by atoms with Crippen molar-refractivity contribution in [1.82, 2.24) is 14.7 Å². The first kappa shape index (κ1) is 26.7. The molecular weight excluding hydrogens is 488 g/mol. The monoisotopic (exact) mass is 520 g/mol. The van der Waals surface area contributed by atoms with Gasteiger partial charge in [0.25, 0.3) is 5.91 Å². The van der Waals surface area contributed by atoms with Crippen molar-refractivity contribution in [1.29, 1.82) is 0 Å². The fourth-order valence-corrected chi connectivity index (χ4v) is 4.66. The summed E-state index contributed by atoms with van der Waals surface area (Å²) >= 11 is 0. The number of Topliss-reactive ketones (excluding diaryl/α,β-unsaturated/α-hetero) is 1. The third-order valence-electron chi connectivity index (χ3n) is 6.64. The Labute approximate surface area is 221 Å². The summed E-state index contributed by atoms with van der Waals surface area (Å²) < 4.78 is 18.1. The van der Waals surface area contributed by atoms with Crippen LogP contribution in [0.1, 0.15) is 22.9 Å². The van der Waals surface area contributed by atoms with Gasteiger partial charge in [-0.15, -0.1) is 0 Å². The normalized spacial score (nSPS) is 16.8. The lowest BCUT2D eigenvalue weighted by Gasteiger charge is -2.28. The molecule has 0 aliphatic carbocycles. The minimum atomic E-state index is -0.935. The van der Waals surface area contributed by atoms with E-state index in [9.17, 15) is 14.7 Å². The van der Waals surface area contributed by atoms with Crippen LogP contribution in [-0.4, -0.2) is 74.9 Å². The number of nitrogens with zero attached hydrogens (tertiary/aromatic N) is 3. The van der Waals surface area contributed by atoms with Gasteiger partial charge in [-0.3, -0.25) is 9.59 Å². The van der Waals surface area contributed by atoms with E-state index < -0.39 is 23.5 Å². The zero-order valence-corrected chi connectivity index (χ0v) is 22.4. The molecule has 3 aromatic rings. The maximum absolute atomic E-state index is 14.0. The molecule has 0 spiro atoms. The molecule has 2 heterocycles. The highest BCUT2D eigenvalue weighted by atomic mass is 16.5. The molecule has 1 aliphatic heterocycles. The number of methoxy groups -OCH3 is 3. The van der Waals surface area contributed by atoms with Gasteiger partial charge >= 0.3 is 0 Å². The number of carbonyl (C=O) groups excluding carboxylic acids is 2. The number of benzene rings is 2. The second-order valence-electron chi connectivity index (χ2n) is 9.28. The molecule has 4 rings (SSSR count). The number of carbonyl (C=O) groups is 2. The van der Waals surface area contributed by atoms with Crippen LogP contribution in [-0.2, 0) is 9.59 Å². The molecule has 1 aromatic heterocycles. The number of likely N-dealkylation sites (N-methyl/N-ethyl adjacent to an activating group) is 1. The first-order valence-corrected chi connectivity index (χ1v) is 12.2. The molecule has 38 heavy (non-hydrogen) atoms. The van der Waals surface area contributed by atoms with Crippen LogP contribution in [0.15, 0.2) is 54.2 Å². The average Bonchev–Trinajstić information content (AvgIpc) is 3.43. The standard InChI is InChI=1S/C28H32N4O6/c1-17-20(16-29-32(17)19-10-8-7-9-11-19)25(33)23-24(31(13-12-30(2)3)28(35)26(23)34)18-14-21(36-4)27(38-6)22(15-18)37-5/h7-11,14-16,24,33H,12-13H2,1-6H3. The maximum atomic E-state index is 14.0. The molecule has 10 heteroatoms. The summed E-state index contributed by atoms with van der Waals surface area (Å²) in [5, 5.41) is 18.4. The first-order valence-electron chi connectivity index (χ1n) is 12.2. The van der Waals surface area contributed by atoms with Crippen LogP contribution in [0.5, 0.6) is 17.2 Å². The minimum absolute atomic E-state index is 0.131. The van der Waals surface area contributed by atoms with Gasteiger partial charge < -0.3 is 29.1 Å². The molecule has 0 bridgehead atoms. The van der Waals surface area contributed by atoms with E-state index in [-0.39, 0.29) is 17.7 Å². The van der Waals surface area contributed by atoms with Crippen molar-refractivity contribution in [3.8, 4) is 22.9 Å². The van der Waals surface area contributed by atoms with Crippen molar-refractivity contribution in [2.45, 2.75) is 13.0 Å². The van der Waals surface area contributed by atoms with Crippen LogP contribution in [0.2, 0.25) is 0 Å². The smallest absolute Gasteiger partial charge is 0.295 e. The fourth-order valence-electron chi connectivity index (χ4n) is 4.66. The van der Waals surface area contributed by atoms with Crippen molar-refractivity contribution in [2.75, 3.05) is 48.5 Å². The highest BCUT2D eigenvalue weighted by Gasteiger charge is 2.45. The summed E-state index contributed by atoms with van der Waals surface area (Å²) in [5.74, 6) is -1.01. The third-order valence-corrected chi connectivity index (χ3v) is 6.64. The Morgan fingerprint density at radius 2 is 1.66 bits per heavy atom. The van der Waals surface area contributed by atoms with E-state index in [0.29, 0.717) is 35.1 Å². The quantitative estimate of drug-likeness (QED) is 0.250. The molecule has 0 saturated carbocycles. The van der Waals surface area contributed by atoms with Gasteiger partial charge in [-0.05, 0) is 36.8 Å². The highest BCUT2D eigenvalue weighted by molar-refractivity contribution is 6.46. The fraction of sp³-hybridized carbons (Fsp3) is 0.321. The van der Waals surface area contributed by atoms with E-state index >= 15 is 0 Å². The van der Waals surface area contributed by atoms with E-state index in [1.165, 1.54) is 32.4 Å². The molecule has 1 aliphatic rings. The number of likely N-dealkylation sites (tertiary alicyclic amines) is 1. The summed E-state index contributed by atoms with van der Waals surface area (Å²) in [4.78, 5) is 29.2. The molecule has 2 aromatic carbocycles. The summed E-state index contributed by atoms with van der Waals surface area (Å²) in [6.45, 7) is 2.61.